The van der Waals surface area contributed by atoms with Crippen LogP contribution in [0.1, 0.15) is 40.5 Å². The summed E-state index contributed by atoms with van der Waals surface area (Å²) in [6.45, 7) is 8.82. The van der Waals surface area contributed by atoms with Crippen LogP contribution < -0.4 is 22.9 Å². The topological polar surface area (TPSA) is 104 Å². The highest BCUT2D eigenvalue weighted by Crippen LogP contribution is 2.37. The number of rotatable bonds is 7. The molecule has 0 amide bonds. The number of alkyl halides is 1. The zero-order valence-corrected chi connectivity index (χ0v) is 13.9. The van der Waals surface area contributed by atoms with Crippen LogP contribution in [0, 0.1) is 11.3 Å². The summed E-state index contributed by atoms with van der Waals surface area (Å²) in [5.74, 6) is 0.139. The lowest BCUT2D eigenvalue weighted by atomic mass is 9.69. The normalized spacial score (nSPS) is 16.6. The van der Waals surface area contributed by atoms with Gasteiger partial charge in [0.1, 0.15) is 0 Å². The van der Waals surface area contributed by atoms with E-state index in [0.717, 1.165) is 12.8 Å². The highest BCUT2D eigenvalue weighted by atomic mass is 35.5. The average molecular weight is 311 g/mol. The van der Waals surface area contributed by atoms with E-state index in [1.54, 1.807) is 6.08 Å². The second kappa shape index (κ2) is 6.74. The molecule has 4 nitrogen and oxygen atoms in total. The number of hydrogen-bond donors (Lipinski definition) is 4. The number of allylic oxidation sites excluding steroid dienone is 1. The summed E-state index contributed by atoms with van der Waals surface area (Å²) in [4.78, 5) is 0. The molecule has 0 heterocycles. The minimum atomic E-state index is -1.53. The van der Waals surface area contributed by atoms with Gasteiger partial charge in [-0.15, -0.1) is 0 Å². The van der Waals surface area contributed by atoms with Crippen LogP contribution in [0.5, 0.6) is 0 Å². The molecule has 0 aromatic carbocycles. The highest BCUT2D eigenvalue weighted by molar-refractivity contribution is 6.38. The van der Waals surface area contributed by atoms with E-state index in [2.05, 4.69) is 13.8 Å². The molecule has 0 aromatic rings. The molecule has 0 bridgehead atoms. The largest absolute Gasteiger partial charge is 0.330 e. The Morgan fingerprint density at radius 1 is 1.16 bits per heavy atom. The molecular weight excluding hydrogens is 283 g/mol. The molecule has 114 valence electrons. The molecule has 0 spiro atoms. The molecule has 0 saturated heterocycles. The predicted octanol–water partition coefficient (Wildman–Crippen LogP) is 2.04. The zero-order chi connectivity index (χ0) is 15.5. The predicted molar refractivity (Wildman–Crippen MR) is 84.7 cm³/mol. The molecular formula is C13H28Cl2N4. The third kappa shape index (κ3) is 6.43. The fraction of sp³-hybridized carbons (Fsp3) is 0.846. The van der Waals surface area contributed by atoms with Gasteiger partial charge in [0.2, 0.25) is 0 Å². The Hall–Kier alpha value is 0.160. The maximum Gasteiger partial charge on any atom is 0.178 e. The van der Waals surface area contributed by atoms with E-state index < -0.39 is 5.12 Å². The van der Waals surface area contributed by atoms with E-state index in [0.29, 0.717) is 6.54 Å². The first-order valence-corrected chi connectivity index (χ1v) is 7.20. The first-order chi connectivity index (χ1) is 8.31. The lowest BCUT2D eigenvalue weighted by Crippen LogP contribution is -2.48. The van der Waals surface area contributed by atoms with Crippen LogP contribution in [0.2, 0.25) is 0 Å². The van der Waals surface area contributed by atoms with Gasteiger partial charge in [-0.1, -0.05) is 43.1 Å². The summed E-state index contributed by atoms with van der Waals surface area (Å²) in [6, 6.07) is 0. The third-order valence-electron chi connectivity index (χ3n) is 3.80. The molecule has 0 rings (SSSR count). The fourth-order valence-corrected chi connectivity index (χ4v) is 1.95. The molecule has 0 radical (unpaired) electrons. The van der Waals surface area contributed by atoms with E-state index in [4.69, 9.17) is 46.1 Å². The molecule has 0 saturated carbocycles. The molecule has 6 heteroatoms. The lowest BCUT2D eigenvalue weighted by Gasteiger charge is -2.40. The van der Waals surface area contributed by atoms with Crippen molar-refractivity contribution in [1.29, 1.82) is 0 Å². The first-order valence-electron chi connectivity index (χ1n) is 6.44. The molecule has 0 aliphatic rings. The summed E-state index contributed by atoms with van der Waals surface area (Å²) in [6.07, 6.45) is 3.41. The van der Waals surface area contributed by atoms with Crippen molar-refractivity contribution >= 4 is 23.2 Å². The van der Waals surface area contributed by atoms with Crippen LogP contribution in [0.4, 0.5) is 0 Å². The van der Waals surface area contributed by atoms with Crippen LogP contribution in [0.15, 0.2) is 11.1 Å². The monoisotopic (exact) mass is 310 g/mol. The van der Waals surface area contributed by atoms with Crippen LogP contribution in [-0.4, -0.2) is 17.2 Å². The van der Waals surface area contributed by atoms with E-state index in [-0.39, 0.29) is 21.9 Å². The molecule has 19 heavy (non-hydrogen) atoms. The standard InChI is InChI=1S/C13H28Cl2N4/c1-11(2,12(3,4)17)8-9(5-6-16)7-10(14)13(15,18)19/h7,9H,5-6,8,16-19H2,1-4H3. The van der Waals surface area contributed by atoms with Gasteiger partial charge in [0.05, 0.1) is 5.03 Å². The van der Waals surface area contributed by atoms with Gasteiger partial charge in [-0.05, 0) is 44.6 Å². The minimum absolute atomic E-state index is 0.0846. The van der Waals surface area contributed by atoms with Crippen molar-refractivity contribution < 1.29 is 0 Å². The van der Waals surface area contributed by atoms with Crippen LogP contribution in [0.3, 0.4) is 0 Å². The molecule has 0 aromatic heterocycles. The van der Waals surface area contributed by atoms with Gasteiger partial charge in [-0.3, -0.25) is 11.5 Å². The van der Waals surface area contributed by atoms with Crippen molar-refractivity contribution in [1.82, 2.24) is 0 Å². The van der Waals surface area contributed by atoms with Crippen molar-refractivity contribution in [3.63, 3.8) is 0 Å². The summed E-state index contributed by atoms with van der Waals surface area (Å²) in [7, 11) is 0. The Balaban J connectivity index is 5.06. The van der Waals surface area contributed by atoms with Crippen LogP contribution >= 0.6 is 23.2 Å². The Kier molecular flexibility index (Phi) is 6.80. The van der Waals surface area contributed by atoms with Gasteiger partial charge in [-0.25, -0.2) is 0 Å². The van der Waals surface area contributed by atoms with Gasteiger partial charge in [-0.2, -0.15) is 0 Å². The van der Waals surface area contributed by atoms with Gasteiger partial charge < -0.3 is 11.5 Å². The molecule has 1 atom stereocenters. The third-order valence-corrected chi connectivity index (χ3v) is 4.54. The van der Waals surface area contributed by atoms with Crippen molar-refractivity contribution in [3.8, 4) is 0 Å². The highest BCUT2D eigenvalue weighted by Gasteiger charge is 2.35. The van der Waals surface area contributed by atoms with Gasteiger partial charge in [0.15, 0.2) is 5.12 Å². The Morgan fingerprint density at radius 3 is 1.95 bits per heavy atom. The van der Waals surface area contributed by atoms with E-state index in [1.165, 1.54) is 0 Å². The van der Waals surface area contributed by atoms with Crippen molar-refractivity contribution in [2.45, 2.75) is 51.2 Å². The molecule has 8 N–H and O–H groups in total. The average Bonchev–Trinajstić information content (AvgIpc) is 2.13. The number of nitrogens with two attached hydrogens (primary N) is 4. The Morgan fingerprint density at radius 2 is 1.63 bits per heavy atom. The smallest absolute Gasteiger partial charge is 0.178 e. The summed E-state index contributed by atoms with van der Waals surface area (Å²) in [5.41, 5.74) is 22.6. The van der Waals surface area contributed by atoms with Crippen LogP contribution in [-0.2, 0) is 0 Å². The summed E-state index contributed by atoms with van der Waals surface area (Å²) in [5, 5.41) is -1.30. The molecule has 0 fully saturated rings. The SMILES string of the molecule is CC(C)(N)C(C)(C)CC(C=C(Cl)C(N)(N)Cl)CCN. The van der Waals surface area contributed by atoms with Crippen molar-refractivity contribution in [2.24, 2.45) is 34.3 Å². The first kappa shape index (κ1) is 19.2. The van der Waals surface area contributed by atoms with E-state index in [9.17, 15) is 0 Å². The Labute approximate surface area is 126 Å². The maximum atomic E-state index is 6.21. The minimum Gasteiger partial charge on any atom is -0.330 e. The zero-order valence-electron chi connectivity index (χ0n) is 12.3. The second-order valence-corrected chi connectivity index (χ2v) is 7.46. The number of halogens is 2. The summed E-state index contributed by atoms with van der Waals surface area (Å²) >= 11 is 11.8. The van der Waals surface area contributed by atoms with Crippen molar-refractivity contribution in [3.05, 3.63) is 11.1 Å². The van der Waals surface area contributed by atoms with Gasteiger partial charge in [0.25, 0.3) is 0 Å². The molecule has 0 aliphatic carbocycles. The molecule has 0 aliphatic heterocycles. The second-order valence-electron chi connectivity index (χ2n) is 6.43. The van der Waals surface area contributed by atoms with E-state index in [1.807, 2.05) is 13.8 Å². The fourth-order valence-electron chi connectivity index (χ4n) is 1.71. The molecule has 1 unspecified atom stereocenters. The summed E-state index contributed by atoms with van der Waals surface area (Å²) < 4.78 is 0. The van der Waals surface area contributed by atoms with Crippen molar-refractivity contribution in [2.75, 3.05) is 6.54 Å². The Bertz CT molecular complexity index is 314. The quantitative estimate of drug-likeness (QED) is 0.328. The lowest BCUT2D eigenvalue weighted by molar-refractivity contribution is 0.163. The maximum absolute atomic E-state index is 6.21. The van der Waals surface area contributed by atoms with Crippen LogP contribution in [0.25, 0.3) is 0 Å². The van der Waals surface area contributed by atoms with E-state index >= 15 is 0 Å². The van der Waals surface area contributed by atoms with Gasteiger partial charge in [0, 0.05) is 5.54 Å². The number of hydrogen-bond acceptors (Lipinski definition) is 4. The van der Waals surface area contributed by atoms with Gasteiger partial charge >= 0.3 is 0 Å².